The fourth-order valence-electron chi connectivity index (χ4n) is 1.94. The first-order chi connectivity index (χ1) is 11.9. The molecule has 0 atom stereocenters. The highest BCUT2D eigenvalue weighted by Gasteiger charge is 2.21. The number of nitrogens with one attached hydrogen (secondary N) is 1. The van der Waals surface area contributed by atoms with Crippen molar-refractivity contribution in [2.45, 2.75) is 4.90 Å². The van der Waals surface area contributed by atoms with Gasteiger partial charge in [-0.1, -0.05) is 16.7 Å². The Kier molecular flexibility index (Phi) is 4.77. The molecule has 0 saturated heterocycles. The third-order valence-electron chi connectivity index (χ3n) is 3.09. The lowest BCUT2D eigenvalue weighted by Gasteiger charge is -2.04. The van der Waals surface area contributed by atoms with Crippen LogP contribution in [-0.2, 0) is 14.6 Å². The molecule has 1 amide bonds. The Labute approximate surface area is 147 Å². The predicted octanol–water partition coefficient (Wildman–Crippen LogP) is 2.20. The van der Waals surface area contributed by atoms with Crippen molar-refractivity contribution in [3.05, 3.63) is 53.8 Å². The molecule has 0 saturated carbocycles. The van der Waals surface area contributed by atoms with Crippen molar-refractivity contribution in [2.24, 2.45) is 0 Å². The first-order valence-corrected chi connectivity index (χ1v) is 8.99. The third-order valence-corrected chi connectivity index (χ3v) is 4.98. The van der Waals surface area contributed by atoms with E-state index in [2.05, 4.69) is 20.5 Å². The molecule has 2 aromatic heterocycles. The summed E-state index contributed by atoms with van der Waals surface area (Å²) in [4.78, 5) is 15.8. The van der Waals surface area contributed by atoms with Gasteiger partial charge in [0.05, 0.1) is 4.90 Å². The van der Waals surface area contributed by atoms with E-state index in [1.807, 2.05) is 0 Å². The number of nitrogens with zero attached hydrogens (tertiary/aromatic N) is 3. The second kappa shape index (κ2) is 6.99. The molecular weight excluding hydrogens is 368 g/mol. The summed E-state index contributed by atoms with van der Waals surface area (Å²) in [6, 6.07) is 8.66. The Balaban J connectivity index is 1.69. The monoisotopic (exact) mass is 378 g/mol. The molecule has 3 aromatic rings. The van der Waals surface area contributed by atoms with Gasteiger partial charge in [0.25, 0.3) is 0 Å². The van der Waals surface area contributed by atoms with Crippen LogP contribution in [0.25, 0.3) is 11.5 Å². The molecule has 3 rings (SSSR count). The van der Waals surface area contributed by atoms with Crippen LogP contribution in [0.3, 0.4) is 0 Å². The molecule has 128 valence electrons. The Morgan fingerprint density at radius 1 is 1.08 bits per heavy atom. The summed E-state index contributed by atoms with van der Waals surface area (Å²) in [5.41, 5.74) is 0.622. The summed E-state index contributed by atoms with van der Waals surface area (Å²) in [5, 5.41) is 10.1. The molecule has 1 N–H and O–H groups in total. The van der Waals surface area contributed by atoms with E-state index in [4.69, 9.17) is 16.0 Å². The lowest BCUT2D eigenvalue weighted by atomic mass is 10.3. The van der Waals surface area contributed by atoms with Gasteiger partial charge in [0.2, 0.25) is 11.8 Å². The minimum Gasteiger partial charge on any atom is -0.403 e. The van der Waals surface area contributed by atoms with Crippen molar-refractivity contribution in [3.8, 4) is 11.5 Å². The molecular formula is C15H11ClN4O4S. The summed E-state index contributed by atoms with van der Waals surface area (Å²) in [6.07, 6.45) is 3.10. The molecule has 0 radical (unpaired) electrons. The van der Waals surface area contributed by atoms with Crippen LogP contribution in [0, 0.1) is 0 Å². The maximum absolute atomic E-state index is 12.2. The van der Waals surface area contributed by atoms with Crippen LogP contribution in [-0.4, -0.2) is 35.3 Å². The largest absolute Gasteiger partial charge is 0.403 e. The number of rotatable bonds is 5. The van der Waals surface area contributed by atoms with E-state index in [9.17, 15) is 13.2 Å². The van der Waals surface area contributed by atoms with Crippen molar-refractivity contribution in [1.82, 2.24) is 15.2 Å². The number of sulfone groups is 1. The van der Waals surface area contributed by atoms with Crippen molar-refractivity contribution in [1.29, 1.82) is 0 Å². The summed E-state index contributed by atoms with van der Waals surface area (Å²) in [6.45, 7) is 0. The Morgan fingerprint density at radius 3 is 2.44 bits per heavy atom. The zero-order valence-electron chi connectivity index (χ0n) is 12.6. The molecule has 0 aliphatic rings. The van der Waals surface area contributed by atoms with Gasteiger partial charge in [-0.05, 0) is 36.4 Å². The van der Waals surface area contributed by atoms with Gasteiger partial charge in [-0.25, -0.2) is 8.42 Å². The van der Waals surface area contributed by atoms with Crippen molar-refractivity contribution in [2.75, 3.05) is 11.1 Å². The molecule has 0 bridgehead atoms. The molecule has 25 heavy (non-hydrogen) atoms. The zero-order chi connectivity index (χ0) is 17.9. The van der Waals surface area contributed by atoms with Gasteiger partial charge in [-0.3, -0.25) is 15.1 Å². The first-order valence-electron chi connectivity index (χ1n) is 6.96. The fourth-order valence-corrected chi connectivity index (χ4v) is 3.20. The van der Waals surface area contributed by atoms with Gasteiger partial charge >= 0.3 is 6.01 Å². The van der Waals surface area contributed by atoms with Crippen molar-refractivity contribution in [3.63, 3.8) is 0 Å². The normalized spacial score (nSPS) is 11.2. The number of benzene rings is 1. The highest BCUT2D eigenvalue weighted by molar-refractivity contribution is 7.92. The van der Waals surface area contributed by atoms with E-state index < -0.39 is 21.5 Å². The number of carbonyl (C=O) groups is 1. The third kappa shape index (κ3) is 4.20. The summed E-state index contributed by atoms with van der Waals surface area (Å²) in [5.74, 6) is -1.38. The van der Waals surface area contributed by atoms with Crippen LogP contribution < -0.4 is 5.32 Å². The van der Waals surface area contributed by atoms with E-state index in [0.29, 0.717) is 10.6 Å². The second-order valence-electron chi connectivity index (χ2n) is 4.91. The maximum Gasteiger partial charge on any atom is 0.322 e. The van der Waals surface area contributed by atoms with Gasteiger partial charge in [-0.15, -0.1) is 5.10 Å². The number of amides is 1. The molecule has 0 unspecified atom stereocenters. The minimum absolute atomic E-state index is 0.00458. The van der Waals surface area contributed by atoms with Crippen molar-refractivity contribution >= 4 is 33.4 Å². The van der Waals surface area contributed by atoms with Gasteiger partial charge in [-0.2, -0.15) is 0 Å². The van der Waals surface area contributed by atoms with Crippen LogP contribution in [0.1, 0.15) is 0 Å². The lowest BCUT2D eigenvalue weighted by Crippen LogP contribution is -2.23. The second-order valence-corrected chi connectivity index (χ2v) is 7.34. The van der Waals surface area contributed by atoms with E-state index in [1.54, 1.807) is 24.5 Å². The van der Waals surface area contributed by atoms with Crippen LogP contribution in [0.4, 0.5) is 6.01 Å². The molecule has 0 aliphatic heterocycles. The molecule has 8 nitrogen and oxygen atoms in total. The SMILES string of the molecule is O=C(CS(=O)(=O)c1ccc(Cl)cc1)Nc1nnc(-c2ccncc2)o1. The summed E-state index contributed by atoms with van der Waals surface area (Å²) < 4.78 is 29.7. The summed E-state index contributed by atoms with van der Waals surface area (Å²) in [7, 11) is -3.81. The molecule has 0 fully saturated rings. The Morgan fingerprint density at radius 2 is 1.76 bits per heavy atom. The highest BCUT2D eigenvalue weighted by Crippen LogP contribution is 2.19. The average molecular weight is 379 g/mol. The predicted molar refractivity (Wildman–Crippen MR) is 89.7 cm³/mol. The Hall–Kier alpha value is -2.78. The van der Waals surface area contributed by atoms with Gasteiger partial charge < -0.3 is 4.42 Å². The first kappa shape index (κ1) is 17.1. The number of halogens is 1. The average Bonchev–Trinajstić information content (AvgIpc) is 3.04. The minimum atomic E-state index is -3.81. The molecule has 10 heteroatoms. The van der Waals surface area contributed by atoms with Gasteiger partial charge in [0.1, 0.15) is 5.75 Å². The topological polar surface area (TPSA) is 115 Å². The van der Waals surface area contributed by atoms with Crippen LogP contribution in [0.5, 0.6) is 0 Å². The van der Waals surface area contributed by atoms with Crippen LogP contribution >= 0.6 is 11.6 Å². The number of anilines is 1. The Bertz CT molecular complexity index is 988. The molecule has 0 aliphatic carbocycles. The highest BCUT2D eigenvalue weighted by atomic mass is 35.5. The molecule has 0 spiro atoms. The molecule has 1 aromatic carbocycles. The smallest absolute Gasteiger partial charge is 0.322 e. The number of aromatic nitrogens is 3. The summed E-state index contributed by atoms with van der Waals surface area (Å²) >= 11 is 5.72. The van der Waals surface area contributed by atoms with E-state index in [0.717, 1.165) is 0 Å². The number of carbonyl (C=O) groups excluding carboxylic acids is 1. The fraction of sp³-hybridized carbons (Fsp3) is 0.0667. The standard InChI is InChI=1S/C15H11ClN4O4S/c16-11-1-3-12(4-2-11)25(22,23)9-13(21)18-15-20-19-14(24-15)10-5-7-17-8-6-10/h1-8H,9H2,(H,18,20,21). The van der Waals surface area contributed by atoms with E-state index in [-0.39, 0.29) is 16.8 Å². The number of pyridine rings is 1. The van der Waals surface area contributed by atoms with Crippen LogP contribution in [0.2, 0.25) is 5.02 Å². The zero-order valence-corrected chi connectivity index (χ0v) is 14.2. The van der Waals surface area contributed by atoms with Crippen LogP contribution in [0.15, 0.2) is 58.1 Å². The van der Waals surface area contributed by atoms with Gasteiger partial charge in [0.15, 0.2) is 9.84 Å². The number of hydrogen-bond donors (Lipinski definition) is 1. The van der Waals surface area contributed by atoms with E-state index in [1.165, 1.54) is 24.3 Å². The number of hydrogen-bond acceptors (Lipinski definition) is 7. The van der Waals surface area contributed by atoms with Crippen molar-refractivity contribution < 1.29 is 17.6 Å². The lowest BCUT2D eigenvalue weighted by molar-refractivity contribution is -0.114. The molecule has 2 heterocycles. The quantitative estimate of drug-likeness (QED) is 0.723. The maximum atomic E-state index is 12.2. The van der Waals surface area contributed by atoms with Gasteiger partial charge in [0, 0.05) is 23.0 Å². The van der Waals surface area contributed by atoms with E-state index >= 15 is 0 Å².